The molecule has 2 fully saturated rings. The zero-order valence-corrected chi connectivity index (χ0v) is 14.2. The summed E-state index contributed by atoms with van der Waals surface area (Å²) in [5.41, 5.74) is 0.441. The molecule has 1 aliphatic carbocycles. The van der Waals surface area contributed by atoms with Crippen LogP contribution in [0.15, 0.2) is 10.9 Å². The Morgan fingerprint density at radius 1 is 1.33 bits per heavy atom. The fourth-order valence-corrected chi connectivity index (χ4v) is 3.55. The van der Waals surface area contributed by atoms with Gasteiger partial charge in [0.15, 0.2) is 0 Å². The number of nitrogens with one attached hydrogen (secondary N) is 2. The molecule has 0 radical (unpaired) electrons. The van der Waals surface area contributed by atoms with Crippen LogP contribution in [0.25, 0.3) is 0 Å². The van der Waals surface area contributed by atoms with Gasteiger partial charge < -0.3 is 15.0 Å². The van der Waals surface area contributed by atoms with Gasteiger partial charge in [-0.05, 0) is 38.5 Å². The first kappa shape index (κ1) is 17.0. The van der Waals surface area contributed by atoms with E-state index in [9.17, 15) is 9.59 Å². The summed E-state index contributed by atoms with van der Waals surface area (Å²) >= 11 is 0. The Bertz CT molecular complexity index is 617. The Morgan fingerprint density at radius 3 is 2.71 bits per heavy atom. The summed E-state index contributed by atoms with van der Waals surface area (Å²) < 4.78 is 5.34. The van der Waals surface area contributed by atoms with E-state index in [1.165, 1.54) is 6.07 Å². The zero-order valence-electron chi connectivity index (χ0n) is 14.2. The van der Waals surface area contributed by atoms with Crippen molar-refractivity contribution in [1.82, 2.24) is 15.3 Å². The van der Waals surface area contributed by atoms with Crippen molar-refractivity contribution in [3.8, 4) is 0 Å². The van der Waals surface area contributed by atoms with Gasteiger partial charge in [-0.15, -0.1) is 0 Å². The van der Waals surface area contributed by atoms with E-state index >= 15 is 0 Å². The van der Waals surface area contributed by atoms with Gasteiger partial charge in [0.2, 0.25) is 11.9 Å². The van der Waals surface area contributed by atoms with Crippen molar-refractivity contribution in [2.45, 2.75) is 51.2 Å². The minimum absolute atomic E-state index is 0.0384. The fourth-order valence-electron chi connectivity index (χ4n) is 3.55. The summed E-state index contributed by atoms with van der Waals surface area (Å²) in [7, 11) is 1.72. The quantitative estimate of drug-likeness (QED) is 0.845. The highest BCUT2D eigenvalue weighted by molar-refractivity contribution is 5.78. The van der Waals surface area contributed by atoms with Gasteiger partial charge in [0.25, 0.3) is 5.56 Å². The smallest absolute Gasteiger partial charge is 0.252 e. The summed E-state index contributed by atoms with van der Waals surface area (Å²) in [5.74, 6) is 0.704. The van der Waals surface area contributed by atoms with E-state index in [1.807, 2.05) is 0 Å². The van der Waals surface area contributed by atoms with E-state index in [2.05, 4.69) is 20.2 Å². The van der Waals surface area contributed by atoms with Gasteiger partial charge >= 0.3 is 0 Å². The third kappa shape index (κ3) is 4.14. The van der Waals surface area contributed by atoms with Gasteiger partial charge in [0.05, 0.1) is 18.3 Å². The van der Waals surface area contributed by atoms with Crippen molar-refractivity contribution in [3.63, 3.8) is 0 Å². The lowest BCUT2D eigenvalue weighted by Crippen LogP contribution is -2.34. The molecule has 0 atom stereocenters. The number of carbonyl (C=O) groups is 1. The average molecular weight is 334 g/mol. The second-order valence-electron chi connectivity index (χ2n) is 6.68. The topological polar surface area (TPSA) is 87.3 Å². The summed E-state index contributed by atoms with van der Waals surface area (Å²) in [6.45, 7) is 2.14. The number of hydrogen-bond donors (Lipinski definition) is 2. The second-order valence-corrected chi connectivity index (χ2v) is 6.68. The molecule has 1 aromatic heterocycles. The highest BCUT2D eigenvalue weighted by atomic mass is 16.5. The SMILES string of the molecule is COC1CCC(C(=O)NCc2cc(=O)[nH]c(N3CCCC3)n2)CC1. The van der Waals surface area contributed by atoms with Crippen molar-refractivity contribution >= 4 is 11.9 Å². The van der Waals surface area contributed by atoms with Crippen LogP contribution in [-0.2, 0) is 16.1 Å². The van der Waals surface area contributed by atoms with Crippen molar-refractivity contribution in [1.29, 1.82) is 0 Å². The average Bonchev–Trinajstić information content (AvgIpc) is 3.14. The molecule has 0 aromatic carbocycles. The van der Waals surface area contributed by atoms with Crippen LogP contribution >= 0.6 is 0 Å². The molecule has 1 saturated heterocycles. The Kier molecular flexibility index (Phi) is 5.50. The number of ether oxygens (including phenoxy) is 1. The first-order chi connectivity index (χ1) is 11.7. The predicted octanol–water partition coefficient (Wildman–Crippen LogP) is 1.19. The van der Waals surface area contributed by atoms with Crippen LogP contribution in [0.1, 0.15) is 44.2 Å². The van der Waals surface area contributed by atoms with Gasteiger partial charge in [0, 0.05) is 32.2 Å². The first-order valence-electron chi connectivity index (χ1n) is 8.81. The lowest BCUT2D eigenvalue weighted by molar-refractivity contribution is -0.126. The molecule has 0 unspecified atom stereocenters. The Balaban J connectivity index is 1.56. The third-order valence-corrected chi connectivity index (χ3v) is 5.01. The largest absolute Gasteiger partial charge is 0.381 e. The minimum atomic E-state index is -0.170. The molecule has 1 aromatic rings. The molecule has 1 saturated carbocycles. The van der Waals surface area contributed by atoms with Crippen LogP contribution < -0.4 is 15.8 Å². The van der Waals surface area contributed by atoms with Gasteiger partial charge in [-0.1, -0.05) is 0 Å². The number of anilines is 1. The summed E-state index contributed by atoms with van der Waals surface area (Å²) in [5, 5.41) is 2.93. The molecule has 7 heteroatoms. The lowest BCUT2D eigenvalue weighted by Gasteiger charge is -2.26. The predicted molar refractivity (Wildman–Crippen MR) is 90.9 cm³/mol. The highest BCUT2D eigenvalue weighted by Crippen LogP contribution is 2.26. The van der Waals surface area contributed by atoms with Crippen molar-refractivity contribution in [2.75, 3.05) is 25.1 Å². The summed E-state index contributed by atoms with van der Waals surface area (Å²) in [6, 6.07) is 1.46. The Hall–Kier alpha value is -1.89. The molecular weight excluding hydrogens is 308 g/mol. The second kappa shape index (κ2) is 7.79. The highest BCUT2D eigenvalue weighted by Gasteiger charge is 2.26. The number of nitrogens with zero attached hydrogens (tertiary/aromatic N) is 2. The number of aromatic amines is 1. The monoisotopic (exact) mass is 334 g/mol. The van der Waals surface area contributed by atoms with E-state index < -0.39 is 0 Å². The maximum Gasteiger partial charge on any atom is 0.252 e. The van der Waals surface area contributed by atoms with Crippen LogP contribution in [0, 0.1) is 5.92 Å². The molecule has 7 nitrogen and oxygen atoms in total. The normalized spacial score (nSPS) is 24.1. The Morgan fingerprint density at radius 2 is 2.04 bits per heavy atom. The van der Waals surface area contributed by atoms with Gasteiger partial charge in [0.1, 0.15) is 0 Å². The van der Waals surface area contributed by atoms with Crippen LogP contribution in [0.5, 0.6) is 0 Å². The molecule has 0 spiro atoms. The number of rotatable bonds is 5. The maximum absolute atomic E-state index is 12.3. The molecule has 1 amide bonds. The van der Waals surface area contributed by atoms with E-state index in [1.54, 1.807) is 7.11 Å². The van der Waals surface area contributed by atoms with E-state index in [0.29, 0.717) is 18.2 Å². The first-order valence-corrected chi connectivity index (χ1v) is 8.81. The number of carbonyl (C=O) groups excluding carboxylic acids is 1. The maximum atomic E-state index is 12.3. The van der Waals surface area contributed by atoms with Crippen molar-refractivity contribution in [3.05, 3.63) is 22.1 Å². The molecule has 3 rings (SSSR count). The van der Waals surface area contributed by atoms with Gasteiger partial charge in [-0.2, -0.15) is 0 Å². The molecule has 1 aliphatic heterocycles. The molecule has 24 heavy (non-hydrogen) atoms. The van der Waals surface area contributed by atoms with Crippen LogP contribution in [-0.4, -0.2) is 42.2 Å². The van der Waals surface area contributed by atoms with Gasteiger partial charge in [-0.25, -0.2) is 4.98 Å². The Labute approximate surface area is 141 Å². The number of amides is 1. The summed E-state index contributed by atoms with van der Waals surface area (Å²) in [6.07, 6.45) is 6.09. The fraction of sp³-hybridized carbons (Fsp3) is 0.706. The summed E-state index contributed by atoms with van der Waals surface area (Å²) in [4.78, 5) is 33.5. The van der Waals surface area contributed by atoms with Gasteiger partial charge in [-0.3, -0.25) is 14.6 Å². The standard InChI is InChI=1S/C17H26N4O3/c1-24-14-6-4-12(5-7-14)16(23)18-11-13-10-15(22)20-17(19-13)21-8-2-3-9-21/h10,12,14H,2-9,11H2,1H3,(H,18,23)(H,19,20,22). The van der Waals surface area contributed by atoms with Crippen molar-refractivity contribution in [2.24, 2.45) is 5.92 Å². The molecular formula is C17H26N4O3. The van der Waals surface area contributed by atoms with E-state index in [0.717, 1.165) is 51.6 Å². The van der Waals surface area contributed by atoms with Crippen LogP contribution in [0.4, 0.5) is 5.95 Å². The number of H-pyrrole nitrogens is 1. The molecule has 0 bridgehead atoms. The zero-order chi connectivity index (χ0) is 16.9. The van der Waals surface area contributed by atoms with Crippen molar-refractivity contribution < 1.29 is 9.53 Å². The lowest BCUT2D eigenvalue weighted by atomic mass is 9.87. The minimum Gasteiger partial charge on any atom is -0.381 e. The molecule has 2 aliphatic rings. The van der Waals surface area contributed by atoms with E-state index in [-0.39, 0.29) is 23.5 Å². The molecule has 2 heterocycles. The van der Waals surface area contributed by atoms with Crippen LogP contribution in [0.3, 0.4) is 0 Å². The number of hydrogen-bond acceptors (Lipinski definition) is 5. The molecule has 2 N–H and O–H groups in total. The molecule has 132 valence electrons. The number of aromatic nitrogens is 2. The van der Waals surface area contributed by atoms with Crippen LogP contribution in [0.2, 0.25) is 0 Å². The third-order valence-electron chi connectivity index (χ3n) is 5.01. The van der Waals surface area contributed by atoms with E-state index in [4.69, 9.17) is 4.74 Å². The number of methoxy groups -OCH3 is 1.